The standard InChI is InChI=1S/C34H36N8O4S/c1-3-39-16-18-40(19-17-39)47(45,46)41-22-28-29(23-41)32(28)42-31(20-30(43)25-6-4-24(21-35)5-7-25)38(2)34(33(42)44,26-8-12-36-13-9-26)27-10-14-37-15-11-27/h4-15,20,28-29,32H,3,16-19,22-23H2,1-2H3/t28-,29+,32+. The van der Waals surface area contributed by atoms with Gasteiger partial charge in [0, 0.05) is 101 Å². The van der Waals surface area contributed by atoms with Crippen LogP contribution in [0.5, 0.6) is 0 Å². The Labute approximate surface area is 274 Å². The lowest BCUT2D eigenvalue weighted by Gasteiger charge is -2.36. The molecule has 1 saturated carbocycles. The number of fused-ring (bicyclic) bond motifs is 1. The van der Waals surface area contributed by atoms with Gasteiger partial charge in [0.25, 0.3) is 16.1 Å². The van der Waals surface area contributed by atoms with Gasteiger partial charge in [-0.3, -0.25) is 24.5 Å². The number of amides is 1. The van der Waals surface area contributed by atoms with E-state index in [0.717, 1.165) is 6.54 Å². The molecule has 3 atom stereocenters. The summed E-state index contributed by atoms with van der Waals surface area (Å²) in [5.74, 6) is -0.241. The van der Waals surface area contributed by atoms with Crippen LogP contribution in [0.2, 0.25) is 0 Å². The zero-order valence-electron chi connectivity index (χ0n) is 26.3. The third kappa shape index (κ3) is 5.03. The Balaban J connectivity index is 1.25. The SMILES string of the molecule is CCN1CCN(S(=O)(=O)N2C[C@@H]3[C@H](C2)[C@H]3N2C(=O)C(c3ccncc3)(c3ccncc3)N(C)C2=CC(=O)c2ccc(C#N)cc2)CC1. The number of allylic oxidation sites excluding steroid dienone is 1. The molecule has 5 heterocycles. The largest absolute Gasteiger partial charge is 0.339 e. The first-order valence-corrected chi connectivity index (χ1v) is 17.2. The molecule has 242 valence electrons. The van der Waals surface area contributed by atoms with Crippen molar-refractivity contribution in [2.24, 2.45) is 11.8 Å². The summed E-state index contributed by atoms with van der Waals surface area (Å²) in [5.41, 5.74) is 0.887. The van der Waals surface area contributed by atoms with E-state index in [0.29, 0.717) is 67.3 Å². The second-order valence-electron chi connectivity index (χ2n) is 12.4. The highest BCUT2D eigenvalue weighted by Crippen LogP contribution is 2.56. The van der Waals surface area contributed by atoms with Gasteiger partial charge in [-0.15, -0.1) is 0 Å². The van der Waals surface area contributed by atoms with Crippen molar-refractivity contribution in [2.75, 3.05) is 52.9 Å². The lowest BCUT2D eigenvalue weighted by molar-refractivity contribution is -0.132. The Kier molecular flexibility index (Phi) is 7.92. The minimum absolute atomic E-state index is 0.0712. The molecule has 4 fully saturated rings. The summed E-state index contributed by atoms with van der Waals surface area (Å²) in [5, 5.41) is 9.23. The number of hydrogen-bond donors (Lipinski definition) is 0. The average Bonchev–Trinajstić information content (AvgIpc) is 3.46. The first kappa shape index (κ1) is 31.1. The number of piperidine rings is 1. The van der Waals surface area contributed by atoms with Gasteiger partial charge in [0.15, 0.2) is 11.3 Å². The fourth-order valence-corrected chi connectivity index (χ4v) is 9.25. The van der Waals surface area contributed by atoms with Crippen LogP contribution in [0.3, 0.4) is 0 Å². The topological polar surface area (TPSA) is 134 Å². The van der Waals surface area contributed by atoms with Crippen molar-refractivity contribution >= 4 is 21.9 Å². The molecular formula is C34H36N8O4S. The molecule has 12 nitrogen and oxygen atoms in total. The molecule has 1 aromatic carbocycles. The van der Waals surface area contributed by atoms with Crippen LogP contribution in [-0.2, 0) is 20.5 Å². The fraction of sp³-hybridized carbons (Fsp3) is 0.382. The highest BCUT2D eigenvalue weighted by atomic mass is 32.2. The lowest BCUT2D eigenvalue weighted by Crippen LogP contribution is -2.53. The van der Waals surface area contributed by atoms with Gasteiger partial charge in [0.2, 0.25) is 0 Å². The Hall–Kier alpha value is -4.48. The summed E-state index contributed by atoms with van der Waals surface area (Å²) in [7, 11) is -1.82. The van der Waals surface area contributed by atoms with E-state index in [2.05, 4.69) is 27.9 Å². The van der Waals surface area contributed by atoms with E-state index in [9.17, 15) is 18.5 Å². The zero-order valence-corrected chi connectivity index (χ0v) is 27.1. The predicted octanol–water partition coefficient (Wildman–Crippen LogP) is 1.90. The highest BCUT2D eigenvalue weighted by molar-refractivity contribution is 7.86. The van der Waals surface area contributed by atoms with Crippen molar-refractivity contribution < 1.29 is 18.0 Å². The third-order valence-electron chi connectivity index (χ3n) is 10.2. The van der Waals surface area contributed by atoms with E-state index in [1.807, 2.05) is 11.9 Å². The minimum Gasteiger partial charge on any atom is -0.339 e. The molecule has 13 heteroatoms. The van der Waals surface area contributed by atoms with Crippen LogP contribution in [0, 0.1) is 23.2 Å². The second kappa shape index (κ2) is 12.0. The van der Waals surface area contributed by atoms with E-state index in [1.165, 1.54) is 6.08 Å². The minimum atomic E-state index is -3.63. The number of carbonyl (C=O) groups is 2. The molecular weight excluding hydrogens is 616 g/mol. The number of hydrogen-bond acceptors (Lipinski definition) is 9. The highest BCUT2D eigenvalue weighted by Gasteiger charge is 2.68. The van der Waals surface area contributed by atoms with Gasteiger partial charge in [-0.05, 0) is 66.2 Å². The van der Waals surface area contributed by atoms with Gasteiger partial charge in [-0.25, -0.2) is 0 Å². The van der Waals surface area contributed by atoms with Crippen molar-refractivity contribution in [3.63, 3.8) is 0 Å². The average molecular weight is 653 g/mol. The van der Waals surface area contributed by atoms with Crippen molar-refractivity contribution in [1.82, 2.24) is 33.3 Å². The fourth-order valence-electron chi connectivity index (χ4n) is 7.57. The molecule has 3 saturated heterocycles. The summed E-state index contributed by atoms with van der Waals surface area (Å²) < 4.78 is 30.4. The van der Waals surface area contributed by atoms with E-state index >= 15 is 4.79 Å². The summed E-state index contributed by atoms with van der Waals surface area (Å²) in [4.78, 5) is 43.0. The number of nitrogens with zero attached hydrogens (tertiary/aromatic N) is 8. The molecule has 47 heavy (non-hydrogen) atoms. The van der Waals surface area contributed by atoms with Crippen LogP contribution >= 0.6 is 0 Å². The quantitative estimate of drug-likeness (QED) is 0.264. The Bertz CT molecular complexity index is 1800. The monoisotopic (exact) mass is 652 g/mol. The number of ketones is 1. The normalized spacial score (nSPS) is 25.6. The van der Waals surface area contributed by atoms with Gasteiger partial charge in [0.1, 0.15) is 5.82 Å². The third-order valence-corrected chi connectivity index (χ3v) is 12.2. The first-order valence-electron chi connectivity index (χ1n) is 15.8. The smallest absolute Gasteiger partial charge is 0.282 e. The molecule has 3 aromatic rings. The summed E-state index contributed by atoms with van der Waals surface area (Å²) >= 11 is 0. The molecule has 0 radical (unpaired) electrons. The second-order valence-corrected chi connectivity index (χ2v) is 14.4. The number of nitriles is 1. The number of carbonyl (C=O) groups excluding carboxylic acids is 2. The van der Waals surface area contributed by atoms with Crippen LogP contribution in [-0.4, -0.2) is 112 Å². The predicted molar refractivity (Wildman–Crippen MR) is 172 cm³/mol. The van der Waals surface area contributed by atoms with Gasteiger partial charge in [0.05, 0.1) is 11.6 Å². The maximum atomic E-state index is 15.1. The van der Waals surface area contributed by atoms with E-state index < -0.39 is 15.7 Å². The molecule has 4 aliphatic rings. The van der Waals surface area contributed by atoms with E-state index in [1.54, 1.807) is 86.8 Å². The Morgan fingerprint density at radius 3 is 1.98 bits per heavy atom. The van der Waals surface area contributed by atoms with Crippen molar-refractivity contribution in [3.05, 3.63) is 107 Å². The number of benzene rings is 1. The van der Waals surface area contributed by atoms with Gasteiger partial charge < -0.3 is 9.80 Å². The number of pyridine rings is 2. The van der Waals surface area contributed by atoms with Crippen molar-refractivity contribution in [2.45, 2.75) is 18.5 Å². The summed E-state index contributed by atoms with van der Waals surface area (Å²) in [6, 6.07) is 15.4. The summed E-state index contributed by atoms with van der Waals surface area (Å²) in [6.07, 6.45) is 8.05. The molecule has 7 rings (SSSR count). The van der Waals surface area contributed by atoms with E-state index in [-0.39, 0.29) is 29.6 Å². The van der Waals surface area contributed by atoms with Crippen molar-refractivity contribution in [1.29, 1.82) is 5.26 Å². The maximum Gasteiger partial charge on any atom is 0.282 e. The number of likely N-dealkylation sites (N-methyl/N-ethyl adjacent to an activating group) is 2. The molecule has 1 aliphatic carbocycles. The maximum absolute atomic E-state index is 15.1. The lowest BCUT2D eigenvalue weighted by atomic mass is 9.82. The molecule has 0 unspecified atom stereocenters. The molecule has 0 spiro atoms. The van der Waals surface area contributed by atoms with Crippen LogP contribution < -0.4 is 0 Å². The molecule has 3 aliphatic heterocycles. The van der Waals surface area contributed by atoms with Crippen LogP contribution in [0.4, 0.5) is 0 Å². The number of rotatable bonds is 8. The first-order chi connectivity index (χ1) is 22.7. The van der Waals surface area contributed by atoms with Crippen molar-refractivity contribution in [3.8, 4) is 6.07 Å². The number of aromatic nitrogens is 2. The van der Waals surface area contributed by atoms with Crippen LogP contribution in [0.25, 0.3) is 0 Å². The molecule has 1 amide bonds. The number of piperazine rings is 1. The van der Waals surface area contributed by atoms with Gasteiger partial charge in [-0.2, -0.15) is 22.3 Å². The molecule has 0 N–H and O–H groups in total. The Morgan fingerprint density at radius 1 is 0.915 bits per heavy atom. The van der Waals surface area contributed by atoms with Gasteiger partial charge in [-0.1, -0.05) is 6.92 Å². The van der Waals surface area contributed by atoms with Crippen LogP contribution in [0.15, 0.2) is 85.2 Å². The van der Waals surface area contributed by atoms with Gasteiger partial charge >= 0.3 is 0 Å². The molecule has 2 aromatic heterocycles. The van der Waals surface area contributed by atoms with E-state index in [4.69, 9.17) is 0 Å². The molecule has 0 bridgehead atoms. The zero-order chi connectivity index (χ0) is 32.9. The van der Waals surface area contributed by atoms with Crippen LogP contribution in [0.1, 0.15) is 34.0 Å². The Morgan fingerprint density at radius 2 is 1.47 bits per heavy atom. The summed E-state index contributed by atoms with van der Waals surface area (Å²) in [6.45, 7) is 5.94.